The maximum absolute atomic E-state index is 12.7. The Bertz CT molecular complexity index is 754. The molecule has 6 nitrogen and oxygen atoms in total. The van der Waals surface area contributed by atoms with Gasteiger partial charge in [-0.2, -0.15) is 18.3 Å². The fraction of sp³-hybridized carbons (Fsp3) is 0.529. The van der Waals surface area contributed by atoms with Crippen LogP contribution in [0.3, 0.4) is 0 Å². The smallest absolute Gasteiger partial charge is 0.353 e. The number of hydrogen-bond acceptors (Lipinski definition) is 6. The minimum Gasteiger partial charge on any atom is -0.353 e. The van der Waals surface area contributed by atoms with Gasteiger partial charge in [-0.3, -0.25) is 0 Å². The highest BCUT2D eigenvalue weighted by Gasteiger charge is 2.33. The van der Waals surface area contributed by atoms with Crippen LogP contribution in [0.2, 0.25) is 0 Å². The molecule has 1 aliphatic rings. The summed E-state index contributed by atoms with van der Waals surface area (Å²) in [5.74, 6) is 0.744. The van der Waals surface area contributed by atoms with Crippen LogP contribution < -0.4 is 10.2 Å². The first-order valence-electron chi connectivity index (χ1n) is 8.39. The lowest BCUT2D eigenvalue weighted by Crippen LogP contribution is -2.28. The van der Waals surface area contributed by atoms with Crippen molar-refractivity contribution in [3.63, 3.8) is 0 Å². The molecule has 9 heteroatoms. The van der Waals surface area contributed by atoms with E-state index in [2.05, 4.69) is 46.3 Å². The van der Waals surface area contributed by atoms with E-state index in [9.17, 15) is 13.2 Å². The van der Waals surface area contributed by atoms with Gasteiger partial charge in [0.1, 0.15) is 5.69 Å². The fourth-order valence-electron chi connectivity index (χ4n) is 2.75. The molecule has 3 rings (SSSR count). The monoisotopic (exact) mass is 366 g/mol. The zero-order valence-corrected chi connectivity index (χ0v) is 14.9. The lowest BCUT2D eigenvalue weighted by molar-refractivity contribution is -0.141. The van der Waals surface area contributed by atoms with Gasteiger partial charge in [0.05, 0.1) is 5.69 Å². The third-order valence-electron chi connectivity index (χ3n) is 4.21. The van der Waals surface area contributed by atoms with E-state index in [-0.39, 0.29) is 17.4 Å². The van der Waals surface area contributed by atoms with Crippen LogP contribution >= 0.6 is 0 Å². The van der Waals surface area contributed by atoms with E-state index in [0.29, 0.717) is 6.54 Å². The Hall–Kier alpha value is -2.45. The van der Waals surface area contributed by atoms with Crippen LogP contribution in [0.1, 0.15) is 38.6 Å². The van der Waals surface area contributed by atoms with Crippen molar-refractivity contribution in [1.82, 2.24) is 20.2 Å². The van der Waals surface area contributed by atoms with Crippen molar-refractivity contribution >= 4 is 11.8 Å². The third-order valence-corrected chi connectivity index (χ3v) is 4.21. The van der Waals surface area contributed by atoms with Crippen LogP contribution in [0.15, 0.2) is 24.4 Å². The molecule has 3 heterocycles. The summed E-state index contributed by atoms with van der Waals surface area (Å²) in [6.07, 6.45) is -2.62. The number of halogens is 3. The van der Waals surface area contributed by atoms with Crippen LogP contribution in [0.4, 0.5) is 24.9 Å². The molecule has 1 saturated heterocycles. The Balaban J connectivity index is 1.64. The second-order valence-corrected chi connectivity index (χ2v) is 7.37. The van der Waals surface area contributed by atoms with E-state index in [0.717, 1.165) is 36.7 Å². The summed E-state index contributed by atoms with van der Waals surface area (Å²) in [6, 6.07) is 4.69. The van der Waals surface area contributed by atoms with Gasteiger partial charge in [-0.15, -0.1) is 5.10 Å². The molecular weight excluding hydrogens is 345 g/mol. The van der Waals surface area contributed by atoms with E-state index in [1.807, 2.05) is 17.0 Å². The van der Waals surface area contributed by atoms with E-state index in [4.69, 9.17) is 0 Å². The zero-order chi connectivity index (χ0) is 18.9. The minimum absolute atomic E-state index is 0.0131. The number of rotatable bonds is 3. The summed E-state index contributed by atoms with van der Waals surface area (Å²) in [5.41, 5.74) is -0.109. The van der Waals surface area contributed by atoms with Gasteiger partial charge in [0.25, 0.3) is 0 Å². The first kappa shape index (κ1) is 18.3. The Morgan fingerprint density at radius 3 is 2.46 bits per heavy atom. The molecule has 2 aromatic rings. The molecule has 0 aliphatic carbocycles. The second kappa shape index (κ2) is 6.69. The summed E-state index contributed by atoms with van der Waals surface area (Å²) in [6.45, 7) is 7.55. The van der Waals surface area contributed by atoms with Gasteiger partial charge in [-0.05, 0) is 24.6 Å². The summed E-state index contributed by atoms with van der Waals surface area (Å²) in [4.78, 5) is 9.48. The molecule has 1 unspecified atom stereocenters. The van der Waals surface area contributed by atoms with Gasteiger partial charge in [0.15, 0.2) is 5.82 Å². The first-order valence-corrected chi connectivity index (χ1v) is 8.39. The van der Waals surface area contributed by atoms with Crippen molar-refractivity contribution in [2.75, 3.05) is 23.3 Å². The van der Waals surface area contributed by atoms with Crippen molar-refractivity contribution in [3.05, 3.63) is 35.8 Å². The van der Waals surface area contributed by atoms with E-state index >= 15 is 0 Å². The molecule has 0 bridgehead atoms. The van der Waals surface area contributed by atoms with Gasteiger partial charge in [0.2, 0.25) is 5.95 Å². The van der Waals surface area contributed by atoms with Crippen LogP contribution in [-0.2, 0) is 11.6 Å². The largest absolute Gasteiger partial charge is 0.433 e. The second-order valence-electron chi connectivity index (χ2n) is 7.37. The molecule has 1 fully saturated rings. The normalized spacial score (nSPS) is 18.2. The highest BCUT2D eigenvalue weighted by Crippen LogP contribution is 2.28. The number of nitrogens with zero attached hydrogens (tertiary/aromatic N) is 5. The molecule has 0 aromatic carbocycles. The molecule has 0 radical (unpaired) electrons. The third kappa shape index (κ3) is 4.20. The van der Waals surface area contributed by atoms with E-state index in [1.165, 1.54) is 0 Å². The number of hydrogen-bond donors (Lipinski definition) is 1. The molecule has 140 valence electrons. The molecule has 1 atom stereocenters. The topological polar surface area (TPSA) is 66.8 Å². The standard InChI is InChI=1S/C17H21F3N6/c1-16(2,3)12-4-5-14(25-24-12)26-9-7-11(10-26)22-15-21-8-6-13(23-15)17(18,19)20/h4-6,8,11H,7,9-10H2,1-3H3,(H,21,22,23). The van der Waals surface area contributed by atoms with Gasteiger partial charge in [-0.1, -0.05) is 20.8 Å². The summed E-state index contributed by atoms with van der Waals surface area (Å²) < 4.78 is 38.2. The van der Waals surface area contributed by atoms with Crippen molar-refractivity contribution in [2.24, 2.45) is 0 Å². The Morgan fingerprint density at radius 1 is 1.08 bits per heavy atom. The maximum atomic E-state index is 12.7. The van der Waals surface area contributed by atoms with Gasteiger partial charge in [0, 0.05) is 30.7 Å². The molecule has 0 amide bonds. The highest BCUT2D eigenvalue weighted by atomic mass is 19.4. The lowest BCUT2D eigenvalue weighted by atomic mass is 9.92. The SMILES string of the molecule is CC(C)(C)c1ccc(N2CCC(Nc3nccc(C(F)(F)F)n3)C2)nn1. The Labute approximate surface area is 149 Å². The molecular formula is C17H21F3N6. The molecule has 1 aliphatic heterocycles. The van der Waals surface area contributed by atoms with Gasteiger partial charge in [-0.25, -0.2) is 9.97 Å². The van der Waals surface area contributed by atoms with Crippen LogP contribution in [-0.4, -0.2) is 39.3 Å². The maximum Gasteiger partial charge on any atom is 0.433 e. The summed E-state index contributed by atoms with van der Waals surface area (Å²) in [5, 5.41) is 11.5. The van der Waals surface area contributed by atoms with E-state index < -0.39 is 11.9 Å². The van der Waals surface area contributed by atoms with Crippen molar-refractivity contribution in [1.29, 1.82) is 0 Å². The van der Waals surface area contributed by atoms with E-state index in [1.54, 1.807) is 0 Å². The summed E-state index contributed by atoms with van der Waals surface area (Å²) in [7, 11) is 0. The highest BCUT2D eigenvalue weighted by molar-refractivity contribution is 5.41. The number of anilines is 2. The molecule has 1 N–H and O–H groups in total. The van der Waals surface area contributed by atoms with Gasteiger partial charge < -0.3 is 10.2 Å². The predicted octanol–water partition coefficient (Wildman–Crippen LogP) is 3.27. The van der Waals surface area contributed by atoms with Crippen LogP contribution in [0.5, 0.6) is 0 Å². The lowest BCUT2D eigenvalue weighted by Gasteiger charge is -2.20. The average molecular weight is 366 g/mol. The zero-order valence-electron chi connectivity index (χ0n) is 14.9. The molecule has 26 heavy (non-hydrogen) atoms. The van der Waals surface area contributed by atoms with Gasteiger partial charge >= 0.3 is 6.18 Å². The predicted molar refractivity (Wildman–Crippen MR) is 92.0 cm³/mol. The van der Waals surface area contributed by atoms with Crippen LogP contribution in [0.25, 0.3) is 0 Å². The quantitative estimate of drug-likeness (QED) is 0.899. The van der Waals surface area contributed by atoms with Crippen molar-refractivity contribution in [3.8, 4) is 0 Å². The first-order chi connectivity index (χ1) is 12.1. The Kier molecular flexibility index (Phi) is 4.72. The number of alkyl halides is 3. The number of nitrogens with one attached hydrogen (secondary N) is 1. The van der Waals surface area contributed by atoms with Crippen molar-refractivity contribution in [2.45, 2.75) is 44.8 Å². The van der Waals surface area contributed by atoms with Crippen LogP contribution in [0, 0.1) is 0 Å². The average Bonchev–Trinajstić information content (AvgIpc) is 3.02. The molecule has 2 aromatic heterocycles. The number of aromatic nitrogens is 4. The molecule has 0 saturated carbocycles. The molecule has 0 spiro atoms. The minimum atomic E-state index is -4.48. The Morgan fingerprint density at radius 2 is 1.85 bits per heavy atom. The van der Waals surface area contributed by atoms with Crippen molar-refractivity contribution < 1.29 is 13.2 Å². The fourth-order valence-corrected chi connectivity index (χ4v) is 2.75. The summed E-state index contributed by atoms with van der Waals surface area (Å²) >= 11 is 0.